The highest BCUT2D eigenvalue weighted by Gasteiger charge is 2.20. The van der Waals surface area contributed by atoms with Gasteiger partial charge in [-0.2, -0.15) is 15.3 Å². The molecule has 11 heteroatoms. The Labute approximate surface area is 220 Å². The number of carbonyl (C=O) groups is 1. The minimum Gasteiger partial charge on any atom is -0.351 e. The van der Waals surface area contributed by atoms with Crippen LogP contribution >= 0.6 is 0 Å². The minimum absolute atomic E-state index is 0.127. The number of anilines is 2. The van der Waals surface area contributed by atoms with Crippen molar-refractivity contribution in [1.82, 2.24) is 44.4 Å². The van der Waals surface area contributed by atoms with Gasteiger partial charge in [0.25, 0.3) is 5.91 Å². The Balaban J connectivity index is 1.24. The molecule has 196 valence electrons. The smallest absolute Gasteiger partial charge is 0.252 e. The van der Waals surface area contributed by atoms with Gasteiger partial charge < -0.3 is 10.6 Å². The van der Waals surface area contributed by atoms with E-state index in [2.05, 4.69) is 43.7 Å². The number of hydrogen-bond acceptors (Lipinski definition) is 7. The molecule has 5 aromatic heterocycles. The van der Waals surface area contributed by atoms with Crippen LogP contribution in [0.15, 0.2) is 43.1 Å². The first-order valence-corrected chi connectivity index (χ1v) is 13.0. The number of pyridine rings is 1. The van der Waals surface area contributed by atoms with Gasteiger partial charge in [0.05, 0.1) is 45.8 Å². The van der Waals surface area contributed by atoms with Crippen molar-refractivity contribution in [2.45, 2.75) is 32.7 Å². The van der Waals surface area contributed by atoms with Gasteiger partial charge in [0, 0.05) is 62.9 Å². The van der Waals surface area contributed by atoms with Crippen molar-refractivity contribution in [2.24, 2.45) is 14.1 Å². The van der Waals surface area contributed by atoms with Crippen LogP contribution in [-0.2, 0) is 14.1 Å². The average Bonchev–Trinajstić information content (AvgIpc) is 3.67. The molecule has 0 radical (unpaired) electrons. The molecule has 1 saturated heterocycles. The van der Waals surface area contributed by atoms with Gasteiger partial charge in [0.1, 0.15) is 0 Å². The number of hydrogen-bond donors (Lipinski definition) is 2. The van der Waals surface area contributed by atoms with Crippen molar-refractivity contribution in [3.8, 4) is 11.1 Å². The van der Waals surface area contributed by atoms with Gasteiger partial charge in [-0.1, -0.05) is 0 Å². The maximum Gasteiger partial charge on any atom is 0.252 e. The van der Waals surface area contributed by atoms with E-state index in [9.17, 15) is 4.79 Å². The molecule has 1 aliphatic heterocycles. The van der Waals surface area contributed by atoms with Crippen molar-refractivity contribution < 1.29 is 4.79 Å². The normalized spacial score (nSPS) is 16.1. The fourth-order valence-electron chi connectivity index (χ4n) is 5.28. The van der Waals surface area contributed by atoms with Gasteiger partial charge in [-0.15, -0.1) is 0 Å². The van der Waals surface area contributed by atoms with Crippen LogP contribution in [0.2, 0.25) is 0 Å². The Morgan fingerprint density at radius 3 is 2.74 bits per heavy atom. The molecule has 0 aromatic carbocycles. The molecule has 6 heterocycles. The highest BCUT2D eigenvalue weighted by Crippen LogP contribution is 2.31. The zero-order valence-corrected chi connectivity index (χ0v) is 22.1. The summed E-state index contributed by atoms with van der Waals surface area (Å²) in [6.45, 7) is 6.73. The summed E-state index contributed by atoms with van der Waals surface area (Å²) in [6.07, 6.45) is 11.7. The summed E-state index contributed by atoms with van der Waals surface area (Å²) < 4.78 is 5.49. The second kappa shape index (κ2) is 9.56. The van der Waals surface area contributed by atoms with E-state index < -0.39 is 0 Å². The molecule has 38 heavy (non-hydrogen) atoms. The quantitative estimate of drug-likeness (QED) is 0.344. The molecule has 11 nitrogen and oxygen atoms in total. The Hall–Kier alpha value is -4.25. The monoisotopic (exact) mass is 512 g/mol. The molecule has 0 spiro atoms. The number of aromatic nitrogens is 7. The van der Waals surface area contributed by atoms with Crippen LogP contribution in [0, 0.1) is 6.92 Å². The second-order valence-corrected chi connectivity index (χ2v) is 10.1. The number of rotatable bonds is 7. The molecule has 1 amide bonds. The summed E-state index contributed by atoms with van der Waals surface area (Å²) >= 11 is 0. The first-order valence-electron chi connectivity index (χ1n) is 13.0. The van der Waals surface area contributed by atoms with Crippen molar-refractivity contribution in [2.75, 3.05) is 25.0 Å². The fraction of sp³-hybridized carbons (Fsp3) is 0.370. The highest BCUT2D eigenvalue weighted by atomic mass is 16.1. The van der Waals surface area contributed by atoms with Crippen LogP contribution in [0.25, 0.3) is 27.5 Å². The number of likely N-dealkylation sites (tertiary alicyclic amines) is 1. The summed E-state index contributed by atoms with van der Waals surface area (Å²) in [4.78, 5) is 19.8. The lowest BCUT2D eigenvalue weighted by molar-refractivity contribution is 0.0947. The van der Waals surface area contributed by atoms with Crippen molar-refractivity contribution >= 4 is 33.8 Å². The first kappa shape index (κ1) is 24.1. The third-order valence-electron chi connectivity index (χ3n) is 7.45. The Bertz CT molecular complexity index is 1640. The topological polar surface area (TPSA) is 110 Å². The molecule has 0 aliphatic carbocycles. The van der Waals surface area contributed by atoms with Crippen molar-refractivity contribution in [1.29, 1.82) is 0 Å². The van der Waals surface area contributed by atoms with Crippen molar-refractivity contribution in [3.05, 3.63) is 54.4 Å². The summed E-state index contributed by atoms with van der Waals surface area (Å²) in [6, 6.07) is 4.51. The van der Waals surface area contributed by atoms with Gasteiger partial charge in [0.15, 0.2) is 5.82 Å². The summed E-state index contributed by atoms with van der Waals surface area (Å²) in [5, 5.41) is 21.0. The number of amides is 1. The lowest BCUT2D eigenvalue weighted by Crippen LogP contribution is -2.36. The average molecular weight is 513 g/mol. The van der Waals surface area contributed by atoms with Crippen LogP contribution in [0.3, 0.4) is 0 Å². The van der Waals surface area contributed by atoms with E-state index in [0.717, 1.165) is 52.0 Å². The van der Waals surface area contributed by atoms with Crippen LogP contribution in [0.5, 0.6) is 0 Å². The van der Waals surface area contributed by atoms with Crippen LogP contribution < -0.4 is 10.6 Å². The molecule has 0 unspecified atom stereocenters. The van der Waals surface area contributed by atoms with E-state index >= 15 is 0 Å². The molecule has 2 N–H and O–H groups in total. The van der Waals surface area contributed by atoms with Gasteiger partial charge in [-0.3, -0.25) is 24.0 Å². The number of fused-ring (bicyclic) bond motifs is 3. The largest absolute Gasteiger partial charge is 0.351 e. The van der Waals surface area contributed by atoms with Crippen LogP contribution in [-0.4, -0.2) is 70.6 Å². The van der Waals surface area contributed by atoms with E-state index in [1.165, 1.54) is 12.8 Å². The number of nitrogens with zero attached hydrogens (tertiary/aromatic N) is 8. The summed E-state index contributed by atoms with van der Waals surface area (Å²) in [7, 11) is 3.82. The first-order chi connectivity index (χ1) is 18.4. The van der Waals surface area contributed by atoms with Crippen LogP contribution in [0.4, 0.5) is 11.5 Å². The molecular formula is C27H32N10O. The van der Waals surface area contributed by atoms with Crippen LogP contribution in [0.1, 0.15) is 35.8 Å². The zero-order chi connectivity index (χ0) is 26.4. The number of aryl methyl sites for hydroxylation is 3. The summed E-state index contributed by atoms with van der Waals surface area (Å²) in [5.41, 5.74) is 5.98. The fourth-order valence-corrected chi connectivity index (χ4v) is 5.28. The van der Waals surface area contributed by atoms with E-state index in [4.69, 9.17) is 5.10 Å². The predicted molar refractivity (Wildman–Crippen MR) is 147 cm³/mol. The number of carbonyl (C=O) groups excluding carboxylic acids is 1. The van der Waals surface area contributed by atoms with Crippen molar-refractivity contribution in [3.63, 3.8) is 0 Å². The SMILES string of the molecule is Cc1ncc(C(=O)NCCN2CCC[C@H]2C)cc1Nc1nn(C)c2c1cnn1cc(-c3cnn(C)c3)cc21. The predicted octanol–water partition coefficient (Wildman–Crippen LogP) is 3.28. The second-order valence-electron chi connectivity index (χ2n) is 10.1. The lowest BCUT2D eigenvalue weighted by Gasteiger charge is -2.20. The van der Waals surface area contributed by atoms with Gasteiger partial charge in [-0.05, 0) is 45.4 Å². The Kier molecular flexibility index (Phi) is 6.07. The molecule has 1 fully saturated rings. The van der Waals surface area contributed by atoms with E-state index in [-0.39, 0.29) is 5.91 Å². The molecule has 1 aliphatic rings. The molecule has 6 rings (SSSR count). The van der Waals surface area contributed by atoms with E-state index in [1.54, 1.807) is 10.9 Å². The third kappa shape index (κ3) is 4.38. The number of nitrogens with one attached hydrogen (secondary N) is 2. The standard InChI is InChI=1S/C27H32N10O/c1-17-6-5-8-36(17)9-7-28-27(38)19-10-23(18(2)29-12-19)32-26-22-14-31-37-16-20(21-13-30-34(3)15-21)11-24(37)25(22)35(4)33-26/h10-17H,5-9H2,1-4H3,(H,28,38)(H,32,33)/t17-/m1/s1. The van der Waals surface area contributed by atoms with Gasteiger partial charge >= 0.3 is 0 Å². The highest BCUT2D eigenvalue weighted by molar-refractivity contribution is 6.01. The molecule has 0 bridgehead atoms. The molecular weight excluding hydrogens is 480 g/mol. The van der Waals surface area contributed by atoms with E-state index in [0.29, 0.717) is 24.0 Å². The molecule has 0 saturated carbocycles. The van der Waals surface area contributed by atoms with Gasteiger partial charge in [-0.25, -0.2) is 4.52 Å². The van der Waals surface area contributed by atoms with Gasteiger partial charge in [0.2, 0.25) is 0 Å². The zero-order valence-electron chi connectivity index (χ0n) is 22.1. The third-order valence-corrected chi connectivity index (χ3v) is 7.45. The lowest BCUT2D eigenvalue weighted by atomic mass is 10.2. The summed E-state index contributed by atoms with van der Waals surface area (Å²) in [5.74, 6) is 0.532. The molecule has 1 atom stereocenters. The maximum absolute atomic E-state index is 12.9. The Morgan fingerprint density at radius 1 is 1.11 bits per heavy atom. The minimum atomic E-state index is -0.127. The maximum atomic E-state index is 12.9. The Morgan fingerprint density at radius 2 is 1.97 bits per heavy atom. The van der Waals surface area contributed by atoms with E-state index in [1.807, 2.05) is 61.1 Å². The molecule has 5 aromatic rings.